The summed E-state index contributed by atoms with van der Waals surface area (Å²) >= 11 is 0. The summed E-state index contributed by atoms with van der Waals surface area (Å²) < 4.78 is 5.01. The van der Waals surface area contributed by atoms with Gasteiger partial charge >= 0.3 is 5.97 Å². The maximum Gasteiger partial charge on any atom is 0.338 e. The molecule has 6 heteroatoms. The van der Waals surface area contributed by atoms with Crippen molar-refractivity contribution in [2.24, 2.45) is 0 Å². The number of nitrogen functional groups attached to an aromatic ring is 1. The summed E-state index contributed by atoms with van der Waals surface area (Å²) in [7, 11) is 0. The van der Waals surface area contributed by atoms with E-state index in [0.29, 0.717) is 43.1 Å². The highest BCUT2D eigenvalue weighted by Crippen LogP contribution is 2.28. The van der Waals surface area contributed by atoms with Gasteiger partial charge in [0.1, 0.15) is 6.04 Å². The van der Waals surface area contributed by atoms with Crippen LogP contribution in [0.2, 0.25) is 0 Å². The molecule has 1 atom stereocenters. The fourth-order valence-corrected chi connectivity index (χ4v) is 2.54. The molecular formula is C15H21N3O3. The lowest BCUT2D eigenvalue weighted by molar-refractivity contribution is -0.123. The normalized spacial score (nSPS) is 18.3. The molecule has 0 aliphatic carbocycles. The van der Waals surface area contributed by atoms with E-state index in [4.69, 9.17) is 10.5 Å². The van der Waals surface area contributed by atoms with Gasteiger partial charge in [0.2, 0.25) is 5.91 Å². The van der Waals surface area contributed by atoms with Gasteiger partial charge in [-0.25, -0.2) is 4.79 Å². The highest BCUT2D eigenvalue weighted by Gasteiger charge is 2.29. The van der Waals surface area contributed by atoms with Crippen molar-refractivity contribution in [2.45, 2.75) is 26.3 Å². The molecule has 1 aliphatic heterocycles. The Bertz CT molecular complexity index is 545. The average molecular weight is 291 g/mol. The van der Waals surface area contributed by atoms with Crippen molar-refractivity contribution in [1.82, 2.24) is 5.32 Å². The Labute approximate surface area is 124 Å². The topological polar surface area (TPSA) is 84.7 Å². The molecule has 0 bridgehead atoms. The van der Waals surface area contributed by atoms with Gasteiger partial charge in [0, 0.05) is 13.1 Å². The van der Waals surface area contributed by atoms with Crippen LogP contribution in [0.5, 0.6) is 0 Å². The zero-order chi connectivity index (χ0) is 15.4. The number of rotatable bonds is 4. The Morgan fingerprint density at radius 3 is 2.90 bits per heavy atom. The molecule has 21 heavy (non-hydrogen) atoms. The van der Waals surface area contributed by atoms with E-state index < -0.39 is 0 Å². The minimum Gasteiger partial charge on any atom is -0.462 e. The van der Waals surface area contributed by atoms with Crippen LogP contribution < -0.4 is 16.0 Å². The van der Waals surface area contributed by atoms with Gasteiger partial charge in [-0.1, -0.05) is 6.92 Å². The number of hydrogen-bond donors (Lipinski definition) is 2. The third-order valence-corrected chi connectivity index (χ3v) is 3.57. The number of benzene rings is 1. The molecule has 1 saturated heterocycles. The highest BCUT2D eigenvalue weighted by atomic mass is 16.5. The van der Waals surface area contributed by atoms with Crippen LogP contribution in [0.3, 0.4) is 0 Å². The minimum atomic E-state index is -0.381. The molecule has 1 aromatic carbocycles. The fraction of sp³-hybridized carbons (Fsp3) is 0.467. The van der Waals surface area contributed by atoms with Crippen molar-refractivity contribution < 1.29 is 14.3 Å². The summed E-state index contributed by atoms with van der Waals surface area (Å²) in [5, 5.41) is 2.85. The first-order valence-electron chi connectivity index (χ1n) is 7.19. The predicted molar refractivity (Wildman–Crippen MR) is 81.2 cm³/mol. The van der Waals surface area contributed by atoms with Crippen LogP contribution in [-0.4, -0.2) is 37.6 Å². The van der Waals surface area contributed by atoms with Gasteiger partial charge in [-0.15, -0.1) is 0 Å². The van der Waals surface area contributed by atoms with Crippen molar-refractivity contribution >= 4 is 23.3 Å². The summed E-state index contributed by atoms with van der Waals surface area (Å²) in [6.07, 6.45) is 0.676. The number of hydrogen-bond acceptors (Lipinski definition) is 5. The molecule has 1 unspecified atom stereocenters. The number of carbonyl (C=O) groups is 2. The number of nitrogens with zero attached hydrogens (tertiary/aromatic N) is 1. The van der Waals surface area contributed by atoms with Gasteiger partial charge in [0.25, 0.3) is 0 Å². The molecule has 6 nitrogen and oxygen atoms in total. The van der Waals surface area contributed by atoms with Crippen molar-refractivity contribution in [3.05, 3.63) is 23.8 Å². The minimum absolute atomic E-state index is 0.00955. The lowest BCUT2D eigenvalue weighted by atomic mass is 10.1. The standard InChI is InChI=1S/C15H21N3O3/c1-3-12-14(19)17-7-8-18(12)13-9-10(5-6-11(13)16)15(20)21-4-2/h5-6,9,12H,3-4,7-8,16H2,1-2H3,(H,17,19). The third kappa shape index (κ3) is 3.09. The zero-order valence-corrected chi connectivity index (χ0v) is 12.4. The van der Waals surface area contributed by atoms with Gasteiger partial charge in [0.15, 0.2) is 0 Å². The smallest absolute Gasteiger partial charge is 0.338 e. The molecule has 0 saturated carbocycles. The second kappa shape index (κ2) is 6.47. The number of amides is 1. The summed E-state index contributed by atoms with van der Waals surface area (Å²) in [5.41, 5.74) is 7.74. The summed E-state index contributed by atoms with van der Waals surface area (Å²) in [4.78, 5) is 25.8. The number of nitrogens with two attached hydrogens (primary N) is 1. The average Bonchev–Trinajstić information content (AvgIpc) is 2.47. The van der Waals surface area contributed by atoms with Gasteiger partial charge in [0.05, 0.1) is 23.5 Å². The van der Waals surface area contributed by atoms with E-state index in [1.807, 2.05) is 11.8 Å². The van der Waals surface area contributed by atoms with Gasteiger partial charge in [-0.3, -0.25) is 4.79 Å². The second-order valence-electron chi connectivity index (χ2n) is 4.90. The molecule has 0 aromatic heterocycles. The summed E-state index contributed by atoms with van der Waals surface area (Å²) in [6, 6.07) is 4.76. The van der Waals surface area contributed by atoms with Crippen molar-refractivity contribution in [2.75, 3.05) is 30.3 Å². The molecule has 114 valence electrons. The van der Waals surface area contributed by atoms with Gasteiger partial charge in [-0.05, 0) is 31.5 Å². The number of ether oxygens (including phenoxy) is 1. The van der Waals surface area contributed by atoms with E-state index in [2.05, 4.69) is 5.32 Å². The SMILES string of the molecule is CCOC(=O)c1ccc(N)c(N2CCNC(=O)C2CC)c1. The number of piperazine rings is 1. The third-order valence-electron chi connectivity index (χ3n) is 3.57. The van der Waals surface area contributed by atoms with Crippen LogP contribution in [0, 0.1) is 0 Å². The molecule has 0 radical (unpaired) electrons. The molecule has 1 heterocycles. The number of anilines is 2. The van der Waals surface area contributed by atoms with Crippen molar-refractivity contribution in [3.8, 4) is 0 Å². The Morgan fingerprint density at radius 1 is 1.48 bits per heavy atom. The summed E-state index contributed by atoms with van der Waals surface area (Å²) in [6.45, 7) is 5.27. The van der Waals surface area contributed by atoms with Crippen LogP contribution in [-0.2, 0) is 9.53 Å². The van der Waals surface area contributed by atoms with Crippen LogP contribution in [0.4, 0.5) is 11.4 Å². The molecule has 0 spiro atoms. The zero-order valence-electron chi connectivity index (χ0n) is 12.4. The lowest BCUT2D eigenvalue weighted by Crippen LogP contribution is -2.55. The first-order valence-corrected chi connectivity index (χ1v) is 7.19. The van der Waals surface area contributed by atoms with E-state index in [0.717, 1.165) is 0 Å². The first kappa shape index (κ1) is 15.2. The number of nitrogens with one attached hydrogen (secondary N) is 1. The van der Waals surface area contributed by atoms with E-state index in [1.54, 1.807) is 25.1 Å². The Hall–Kier alpha value is -2.24. The van der Waals surface area contributed by atoms with Crippen molar-refractivity contribution in [1.29, 1.82) is 0 Å². The quantitative estimate of drug-likeness (QED) is 0.642. The monoisotopic (exact) mass is 291 g/mol. The summed E-state index contributed by atoms with van der Waals surface area (Å²) in [5.74, 6) is -0.391. The van der Waals surface area contributed by atoms with Gasteiger partial charge < -0.3 is 20.7 Å². The fourth-order valence-electron chi connectivity index (χ4n) is 2.54. The van der Waals surface area contributed by atoms with Crippen LogP contribution in [0.15, 0.2) is 18.2 Å². The Kier molecular flexibility index (Phi) is 4.67. The highest BCUT2D eigenvalue weighted by molar-refractivity contribution is 5.93. The molecule has 1 aromatic rings. The van der Waals surface area contributed by atoms with E-state index in [9.17, 15) is 9.59 Å². The molecule has 2 rings (SSSR count). The molecule has 3 N–H and O–H groups in total. The van der Waals surface area contributed by atoms with Crippen LogP contribution in [0.25, 0.3) is 0 Å². The van der Waals surface area contributed by atoms with Crippen LogP contribution >= 0.6 is 0 Å². The van der Waals surface area contributed by atoms with Gasteiger partial charge in [-0.2, -0.15) is 0 Å². The largest absolute Gasteiger partial charge is 0.462 e. The molecule has 1 amide bonds. The van der Waals surface area contributed by atoms with Crippen LogP contribution in [0.1, 0.15) is 30.6 Å². The molecule has 1 aliphatic rings. The molecular weight excluding hydrogens is 270 g/mol. The first-order chi connectivity index (χ1) is 10.1. The Morgan fingerprint density at radius 2 is 2.24 bits per heavy atom. The molecule has 1 fully saturated rings. The lowest BCUT2D eigenvalue weighted by Gasteiger charge is -2.37. The maximum atomic E-state index is 12.0. The number of carbonyl (C=O) groups excluding carboxylic acids is 2. The van der Waals surface area contributed by atoms with E-state index >= 15 is 0 Å². The second-order valence-corrected chi connectivity index (χ2v) is 4.90. The Balaban J connectivity index is 2.35. The predicted octanol–water partition coefficient (Wildman–Crippen LogP) is 1.16. The maximum absolute atomic E-state index is 12.0. The van der Waals surface area contributed by atoms with E-state index in [1.165, 1.54) is 0 Å². The number of esters is 1. The van der Waals surface area contributed by atoms with E-state index in [-0.39, 0.29) is 17.9 Å². The van der Waals surface area contributed by atoms with Crippen molar-refractivity contribution in [3.63, 3.8) is 0 Å².